The number of hydrogen-bond donors (Lipinski definition) is 5. The van der Waals surface area contributed by atoms with Gasteiger partial charge in [-0.25, -0.2) is 4.99 Å². The molecule has 0 amide bonds. The minimum atomic E-state index is -4.94. The topological polar surface area (TPSA) is 170 Å². The van der Waals surface area contributed by atoms with E-state index in [1.807, 2.05) is 107 Å². The van der Waals surface area contributed by atoms with Crippen LogP contribution in [0.5, 0.6) is 0 Å². The zero-order valence-corrected chi connectivity index (χ0v) is 36.5. The highest BCUT2D eigenvalue weighted by Gasteiger charge is 2.27. The average Bonchev–Trinajstić information content (AvgIpc) is 3.23. The number of nitrogens with one attached hydrogen (secondary N) is 3. The van der Waals surface area contributed by atoms with E-state index in [1.54, 1.807) is 18.2 Å². The third-order valence-corrected chi connectivity index (χ3v) is 12.8. The summed E-state index contributed by atoms with van der Waals surface area (Å²) in [5, 5.41) is 10.9. The molecule has 1 aliphatic carbocycles. The first-order chi connectivity index (χ1) is 29.5. The van der Waals surface area contributed by atoms with Gasteiger partial charge < -0.3 is 20.4 Å². The summed E-state index contributed by atoms with van der Waals surface area (Å²) in [5.41, 5.74) is 11.9. The molecular formula is C49H44N4O7S2. The molecule has 0 fully saturated rings. The minimum Gasteiger partial charge on any atom is -0.456 e. The Kier molecular flexibility index (Phi) is 11.0. The van der Waals surface area contributed by atoms with Gasteiger partial charge >= 0.3 is 0 Å². The number of para-hydroxylation sites is 2. The summed E-state index contributed by atoms with van der Waals surface area (Å²) in [6.45, 7) is 11.8. The summed E-state index contributed by atoms with van der Waals surface area (Å²) >= 11 is 0. The predicted octanol–water partition coefficient (Wildman–Crippen LogP) is 12.0. The highest BCUT2D eigenvalue weighted by Crippen LogP contribution is 2.44. The van der Waals surface area contributed by atoms with Gasteiger partial charge in [0.1, 0.15) is 21.1 Å². The maximum absolute atomic E-state index is 13.3. The molecule has 13 heteroatoms. The molecule has 5 N–H and O–H groups in total. The Labute approximate surface area is 360 Å². The molecule has 314 valence electrons. The molecule has 6 aromatic carbocycles. The number of aryl methyl sites for hydroxylation is 4. The Morgan fingerprint density at radius 3 is 1.60 bits per heavy atom. The summed E-state index contributed by atoms with van der Waals surface area (Å²) in [7, 11) is -9.71. The Balaban J connectivity index is 1.37. The van der Waals surface area contributed by atoms with Crippen molar-refractivity contribution in [2.45, 2.75) is 51.3 Å². The first-order valence-corrected chi connectivity index (χ1v) is 22.6. The lowest BCUT2D eigenvalue weighted by molar-refractivity contribution is 0.480. The van der Waals surface area contributed by atoms with Gasteiger partial charge in [-0.2, -0.15) is 16.8 Å². The first-order valence-electron chi connectivity index (χ1n) is 19.7. The number of nitrogens with zero attached hydrogens (tertiary/aromatic N) is 1. The van der Waals surface area contributed by atoms with E-state index in [1.165, 1.54) is 30.3 Å². The standard InChI is InChI=1S/C49H44N4O7S2/c1-28-23-30(3)48(32(5)46(28)50-34-15-9-7-10-16-34)52-36-21-22-37-41(25-36)60-42-27-40(53-49-31(4)24-29(2)47(33(49)6)51-35-17-11-8-12-18-35)44(62(57,58)59)26-39(42)45(37)38-19-13-14-20-43(38)61(54,55)56/h7-27,50-52H,1-6H3,(H,54,55,56)(H,57,58,59)/b53-40-. The molecule has 1 heterocycles. The summed E-state index contributed by atoms with van der Waals surface area (Å²) in [6, 6.07) is 37.4. The molecule has 0 spiro atoms. The Hall–Kier alpha value is -6.77. The largest absolute Gasteiger partial charge is 0.456 e. The number of rotatable bonds is 10. The van der Waals surface area contributed by atoms with Gasteiger partial charge in [0.15, 0.2) is 0 Å². The van der Waals surface area contributed by atoms with Crippen molar-refractivity contribution >= 4 is 71.0 Å². The van der Waals surface area contributed by atoms with Gasteiger partial charge in [-0.05, 0) is 123 Å². The van der Waals surface area contributed by atoms with Crippen molar-refractivity contribution in [2.75, 3.05) is 16.0 Å². The van der Waals surface area contributed by atoms with Crippen LogP contribution in [0.1, 0.15) is 33.4 Å². The van der Waals surface area contributed by atoms with Gasteiger partial charge in [-0.1, -0.05) is 66.7 Å². The first kappa shape index (κ1) is 41.9. The van der Waals surface area contributed by atoms with Crippen molar-refractivity contribution in [2.24, 2.45) is 4.99 Å². The monoisotopic (exact) mass is 864 g/mol. The van der Waals surface area contributed by atoms with Crippen molar-refractivity contribution in [1.29, 1.82) is 0 Å². The zero-order valence-electron chi connectivity index (χ0n) is 34.8. The maximum atomic E-state index is 13.3. The molecule has 0 saturated heterocycles. The van der Waals surface area contributed by atoms with Crippen LogP contribution in [0.2, 0.25) is 0 Å². The van der Waals surface area contributed by atoms with Crippen molar-refractivity contribution in [3.63, 3.8) is 0 Å². The van der Waals surface area contributed by atoms with E-state index in [-0.39, 0.29) is 27.8 Å². The second-order valence-corrected chi connectivity index (χ2v) is 18.2. The van der Waals surface area contributed by atoms with E-state index in [2.05, 4.69) is 28.9 Å². The van der Waals surface area contributed by atoms with Crippen LogP contribution >= 0.6 is 0 Å². The van der Waals surface area contributed by atoms with Crippen LogP contribution in [0.4, 0.5) is 39.8 Å². The van der Waals surface area contributed by atoms with Crippen LogP contribution in [-0.4, -0.2) is 25.9 Å². The lowest BCUT2D eigenvalue weighted by Crippen LogP contribution is -2.16. The second-order valence-electron chi connectivity index (χ2n) is 15.4. The van der Waals surface area contributed by atoms with Crippen molar-refractivity contribution in [3.8, 4) is 22.5 Å². The van der Waals surface area contributed by atoms with E-state index in [0.717, 1.165) is 61.8 Å². The smallest absolute Gasteiger partial charge is 0.296 e. The Bertz CT molecular complexity index is 3330. The molecule has 62 heavy (non-hydrogen) atoms. The zero-order chi connectivity index (χ0) is 44.1. The summed E-state index contributed by atoms with van der Waals surface area (Å²) in [4.78, 5) is 3.97. The van der Waals surface area contributed by atoms with E-state index in [4.69, 9.17) is 9.41 Å². The molecule has 0 unspecified atom stereocenters. The lowest BCUT2D eigenvalue weighted by Gasteiger charge is -2.21. The van der Waals surface area contributed by atoms with Crippen LogP contribution in [0, 0.1) is 41.5 Å². The van der Waals surface area contributed by atoms with Gasteiger partial charge in [0.05, 0.1) is 11.0 Å². The third kappa shape index (κ3) is 8.18. The second kappa shape index (κ2) is 16.3. The fraction of sp³-hybridized carbons (Fsp3) is 0.122. The molecule has 0 radical (unpaired) electrons. The number of hydrogen-bond acceptors (Lipinski definition) is 9. The molecular weight excluding hydrogens is 821 g/mol. The SMILES string of the molecule is Cc1cc(C)c(Nc2ccccc2)c(C)c1/N=c1/cc2oc3cc(Nc4c(C)cc(C)c(Nc5ccccc5)c4C)ccc3c(-c3ccccc3S(=O)(=O)O)c-2cc1S(=O)(=O)O. The molecule has 8 rings (SSSR count). The summed E-state index contributed by atoms with van der Waals surface area (Å²) in [5.74, 6) is 0.142. The van der Waals surface area contributed by atoms with Gasteiger partial charge in [0.25, 0.3) is 20.2 Å². The fourth-order valence-corrected chi connectivity index (χ4v) is 9.51. The van der Waals surface area contributed by atoms with E-state index < -0.39 is 30.0 Å². The Morgan fingerprint density at radius 2 is 1.02 bits per heavy atom. The molecule has 2 aliphatic rings. The normalized spacial score (nSPS) is 12.2. The van der Waals surface area contributed by atoms with Gasteiger partial charge in [-0.15, -0.1) is 0 Å². The van der Waals surface area contributed by atoms with Crippen molar-refractivity contribution in [1.82, 2.24) is 0 Å². The molecule has 0 atom stereocenters. The number of fused-ring (bicyclic) bond motifs is 2. The van der Waals surface area contributed by atoms with E-state index in [0.29, 0.717) is 22.3 Å². The van der Waals surface area contributed by atoms with Crippen LogP contribution in [0.15, 0.2) is 147 Å². The van der Waals surface area contributed by atoms with Crippen LogP contribution in [0.25, 0.3) is 33.4 Å². The van der Waals surface area contributed by atoms with Gasteiger partial charge in [-0.3, -0.25) is 9.11 Å². The Morgan fingerprint density at radius 1 is 0.500 bits per heavy atom. The van der Waals surface area contributed by atoms with Crippen LogP contribution in [0.3, 0.4) is 0 Å². The van der Waals surface area contributed by atoms with Gasteiger partial charge in [0.2, 0.25) is 0 Å². The summed E-state index contributed by atoms with van der Waals surface area (Å²) < 4.78 is 80.1. The quantitative estimate of drug-likeness (QED) is 0.0658. The third-order valence-electron chi connectivity index (χ3n) is 11.0. The number of anilines is 6. The predicted molar refractivity (Wildman–Crippen MR) is 247 cm³/mol. The molecule has 1 aliphatic heterocycles. The number of benzene rings is 7. The van der Waals surface area contributed by atoms with E-state index in [9.17, 15) is 25.9 Å². The average molecular weight is 865 g/mol. The van der Waals surface area contributed by atoms with E-state index >= 15 is 0 Å². The lowest BCUT2D eigenvalue weighted by atomic mass is 9.93. The highest BCUT2D eigenvalue weighted by atomic mass is 32.2. The molecule has 0 aromatic heterocycles. The van der Waals surface area contributed by atoms with Crippen LogP contribution < -0.4 is 21.3 Å². The maximum Gasteiger partial charge on any atom is 0.296 e. The molecule has 11 nitrogen and oxygen atoms in total. The fourth-order valence-electron chi connectivity index (χ4n) is 8.17. The molecule has 0 bridgehead atoms. The summed E-state index contributed by atoms with van der Waals surface area (Å²) in [6.07, 6.45) is 0. The van der Waals surface area contributed by atoms with Crippen LogP contribution in [-0.2, 0) is 20.2 Å². The molecule has 0 saturated carbocycles. The van der Waals surface area contributed by atoms with Crippen molar-refractivity contribution in [3.05, 3.63) is 166 Å². The molecule has 6 aromatic rings. The van der Waals surface area contributed by atoms with Gasteiger partial charge in [0, 0.05) is 68.3 Å². The van der Waals surface area contributed by atoms with Crippen molar-refractivity contribution < 1.29 is 30.4 Å². The highest BCUT2D eigenvalue weighted by molar-refractivity contribution is 7.86. The minimum absolute atomic E-state index is 0.0937.